The minimum Gasteiger partial charge on any atom is -0.264 e. The standard InChI is InChI=1S/C43H25N5/c1-2-7-32-31(6-1)34-8-3-9-35-33(18-19-36(32)41(34)35)40-21-17-29-15-14-28-16-20-37(45-42(28)43(29)46-40)26-10-12-27(13-11-26)38-22-23-39(48-47-38)30-5-4-24-44-25-30/h1-25H. The van der Waals surface area contributed by atoms with E-state index in [2.05, 4.69) is 130 Å². The van der Waals surface area contributed by atoms with Crippen LogP contribution in [-0.2, 0) is 0 Å². The number of fused-ring (bicyclic) bond motifs is 6. The summed E-state index contributed by atoms with van der Waals surface area (Å²) in [5, 5.41) is 13.6. The Kier molecular flexibility index (Phi) is 5.81. The number of aromatic nitrogens is 5. The lowest BCUT2D eigenvalue weighted by Crippen LogP contribution is -1.92. The van der Waals surface area contributed by atoms with Crippen LogP contribution in [0.1, 0.15) is 0 Å². The van der Waals surface area contributed by atoms with Crippen molar-refractivity contribution in [2.75, 3.05) is 0 Å². The molecule has 0 N–H and O–H groups in total. The summed E-state index contributed by atoms with van der Waals surface area (Å²) in [6, 6.07) is 48.7. The van der Waals surface area contributed by atoms with Crippen molar-refractivity contribution < 1.29 is 0 Å². The average molecular weight is 612 g/mol. The van der Waals surface area contributed by atoms with Crippen molar-refractivity contribution in [2.24, 2.45) is 0 Å². The molecule has 48 heavy (non-hydrogen) atoms. The van der Waals surface area contributed by atoms with Crippen molar-refractivity contribution >= 4 is 32.6 Å². The van der Waals surface area contributed by atoms with Gasteiger partial charge in [0.1, 0.15) is 0 Å². The van der Waals surface area contributed by atoms with Gasteiger partial charge in [-0.15, -0.1) is 10.2 Å². The number of rotatable bonds is 4. The van der Waals surface area contributed by atoms with Gasteiger partial charge in [0, 0.05) is 45.4 Å². The first-order valence-corrected chi connectivity index (χ1v) is 16.0. The molecule has 0 atom stereocenters. The molecule has 10 rings (SSSR count). The second-order valence-corrected chi connectivity index (χ2v) is 12.2. The van der Waals surface area contributed by atoms with Crippen molar-refractivity contribution in [3.05, 3.63) is 152 Å². The molecule has 1 aliphatic rings. The first-order valence-electron chi connectivity index (χ1n) is 16.0. The summed E-state index contributed by atoms with van der Waals surface area (Å²) in [6.07, 6.45) is 3.55. The minimum atomic E-state index is 0.798. The first-order chi connectivity index (χ1) is 23.8. The third-order valence-electron chi connectivity index (χ3n) is 9.44. The van der Waals surface area contributed by atoms with Crippen molar-refractivity contribution in [3.8, 4) is 67.3 Å². The summed E-state index contributed by atoms with van der Waals surface area (Å²) in [6.45, 7) is 0. The highest BCUT2D eigenvalue weighted by Crippen LogP contribution is 2.49. The maximum Gasteiger partial charge on any atom is 0.0972 e. The Morgan fingerprint density at radius 2 is 0.917 bits per heavy atom. The molecule has 0 radical (unpaired) electrons. The number of hydrogen-bond acceptors (Lipinski definition) is 5. The fourth-order valence-electron chi connectivity index (χ4n) is 7.08. The summed E-state index contributed by atoms with van der Waals surface area (Å²) >= 11 is 0. The third-order valence-corrected chi connectivity index (χ3v) is 9.44. The van der Waals surface area contributed by atoms with Crippen molar-refractivity contribution in [1.82, 2.24) is 25.1 Å². The molecule has 1 aliphatic carbocycles. The van der Waals surface area contributed by atoms with Crippen LogP contribution in [0.2, 0.25) is 0 Å². The monoisotopic (exact) mass is 611 g/mol. The summed E-state index contributed by atoms with van der Waals surface area (Å²) in [5.74, 6) is 0. The van der Waals surface area contributed by atoms with Gasteiger partial charge >= 0.3 is 0 Å². The SMILES string of the molecule is c1cncc(-c2ccc(-c3ccc(-c4ccc5ccc6ccc(-c7ccc8c9c(cccc79)-c7ccccc7-8)nc6c5n4)cc3)nn2)c1. The molecule has 0 aliphatic heterocycles. The van der Waals surface area contributed by atoms with Gasteiger partial charge in [0.2, 0.25) is 0 Å². The molecule has 0 amide bonds. The van der Waals surface area contributed by atoms with E-state index in [0.717, 1.165) is 66.8 Å². The van der Waals surface area contributed by atoms with E-state index in [0.29, 0.717) is 0 Å². The maximum absolute atomic E-state index is 5.29. The minimum absolute atomic E-state index is 0.798. The van der Waals surface area contributed by atoms with Crippen LogP contribution in [0.5, 0.6) is 0 Å². The molecular formula is C43H25N5. The summed E-state index contributed by atoms with van der Waals surface area (Å²) in [7, 11) is 0. The molecule has 0 bridgehead atoms. The van der Waals surface area contributed by atoms with Gasteiger partial charge in [0.15, 0.2) is 0 Å². The van der Waals surface area contributed by atoms with Crippen LogP contribution in [0.3, 0.4) is 0 Å². The first kappa shape index (κ1) is 26.6. The van der Waals surface area contributed by atoms with Crippen LogP contribution in [0, 0.1) is 0 Å². The van der Waals surface area contributed by atoms with Gasteiger partial charge in [-0.3, -0.25) is 4.98 Å². The van der Waals surface area contributed by atoms with E-state index in [9.17, 15) is 0 Å². The Hall–Kier alpha value is -6.59. The highest BCUT2D eigenvalue weighted by Gasteiger charge is 2.22. The van der Waals surface area contributed by atoms with Crippen LogP contribution in [0.4, 0.5) is 0 Å². The summed E-state index contributed by atoms with van der Waals surface area (Å²) in [4.78, 5) is 14.7. The van der Waals surface area contributed by atoms with Gasteiger partial charge in [-0.2, -0.15) is 0 Å². The molecule has 4 heterocycles. The molecular weight excluding hydrogens is 587 g/mol. The Bertz CT molecular complexity index is 2670. The van der Waals surface area contributed by atoms with E-state index in [1.54, 1.807) is 12.4 Å². The number of pyridine rings is 3. The third kappa shape index (κ3) is 4.15. The van der Waals surface area contributed by atoms with Gasteiger partial charge in [0.05, 0.1) is 33.8 Å². The quantitative estimate of drug-likeness (QED) is 0.185. The van der Waals surface area contributed by atoms with Gasteiger partial charge in [-0.1, -0.05) is 103 Å². The highest BCUT2D eigenvalue weighted by molar-refractivity contribution is 6.18. The Labute approximate surface area is 276 Å². The van der Waals surface area contributed by atoms with E-state index in [1.165, 1.54) is 33.0 Å². The Balaban J connectivity index is 1.03. The second kappa shape index (κ2) is 10.5. The summed E-state index contributed by atoms with van der Waals surface area (Å²) < 4.78 is 0. The van der Waals surface area contributed by atoms with Gasteiger partial charge in [-0.25, -0.2) is 9.97 Å². The molecule has 0 saturated carbocycles. The lowest BCUT2D eigenvalue weighted by Gasteiger charge is -2.11. The molecule has 5 aromatic carbocycles. The Morgan fingerprint density at radius 1 is 0.354 bits per heavy atom. The zero-order valence-electron chi connectivity index (χ0n) is 25.7. The van der Waals surface area contributed by atoms with E-state index in [-0.39, 0.29) is 0 Å². The maximum atomic E-state index is 5.29. The zero-order chi connectivity index (χ0) is 31.6. The predicted octanol–water partition coefficient (Wildman–Crippen LogP) is 10.4. The van der Waals surface area contributed by atoms with E-state index in [1.807, 2.05) is 24.3 Å². The molecule has 0 saturated heterocycles. The molecule has 5 heteroatoms. The zero-order valence-corrected chi connectivity index (χ0v) is 25.7. The van der Waals surface area contributed by atoms with Crippen LogP contribution >= 0.6 is 0 Å². The Morgan fingerprint density at radius 3 is 1.60 bits per heavy atom. The predicted molar refractivity (Wildman–Crippen MR) is 194 cm³/mol. The number of hydrogen-bond donors (Lipinski definition) is 0. The largest absolute Gasteiger partial charge is 0.264 e. The molecule has 0 unspecified atom stereocenters. The van der Waals surface area contributed by atoms with Crippen LogP contribution in [0.25, 0.3) is 99.9 Å². The van der Waals surface area contributed by atoms with E-state index >= 15 is 0 Å². The molecule has 222 valence electrons. The second-order valence-electron chi connectivity index (χ2n) is 12.2. The van der Waals surface area contributed by atoms with Crippen molar-refractivity contribution in [3.63, 3.8) is 0 Å². The lowest BCUT2D eigenvalue weighted by molar-refractivity contribution is 1.04. The fourth-order valence-corrected chi connectivity index (χ4v) is 7.08. The molecule has 0 fully saturated rings. The molecule has 9 aromatic rings. The van der Waals surface area contributed by atoms with E-state index < -0.39 is 0 Å². The van der Waals surface area contributed by atoms with Gasteiger partial charge < -0.3 is 0 Å². The molecule has 0 spiro atoms. The van der Waals surface area contributed by atoms with Gasteiger partial charge in [0.25, 0.3) is 0 Å². The summed E-state index contributed by atoms with van der Waals surface area (Å²) in [5.41, 5.74) is 14.5. The topological polar surface area (TPSA) is 64.5 Å². The highest BCUT2D eigenvalue weighted by atomic mass is 15.1. The van der Waals surface area contributed by atoms with Crippen LogP contribution in [0.15, 0.2) is 152 Å². The van der Waals surface area contributed by atoms with Gasteiger partial charge in [-0.05, 0) is 69.4 Å². The normalized spacial score (nSPS) is 11.8. The average Bonchev–Trinajstić information content (AvgIpc) is 3.50. The molecule has 5 nitrogen and oxygen atoms in total. The van der Waals surface area contributed by atoms with Crippen molar-refractivity contribution in [2.45, 2.75) is 0 Å². The smallest absolute Gasteiger partial charge is 0.0972 e. The van der Waals surface area contributed by atoms with Crippen LogP contribution in [-0.4, -0.2) is 25.1 Å². The number of nitrogens with zero attached hydrogens (tertiary/aromatic N) is 5. The van der Waals surface area contributed by atoms with Crippen molar-refractivity contribution in [1.29, 1.82) is 0 Å². The lowest BCUT2D eigenvalue weighted by atomic mass is 9.96. The fraction of sp³-hybridized carbons (Fsp3) is 0. The molecule has 4 aromatic heterocycles. The van der Waals surface area contributed by atoms with Crippen LogP contribution < -0.4 is 0 Å². The van der Waals surface area contributed by atoms with E-state index in [4.69, 9.17) is 9.97 Å². The number of benzene rings is 5.